The average Bonchev–Trinajstić information content (AvgIpc) is 2.54. The number of ether oxygens (including phenoxy) is 2. The van der Waals surface area contributed by atoms with Gasteiger partial charge in [-0.1, -0.05) is 55.8 Å². The van der Waals surface area contributed by atoms with E-state index in [-0.39, 0.29) is 5.97 Å². The minimum atomic E-state index is -0.327. The molecule has 3 nitrogen and oxygen atoms in total. The highest BCUT2D eigenvalue weighted by Crippen LogP contribution is 2.20. The molecule has 21 heavy (non-hydrogen) atoms. The van der Waals surface area contributed by atoms with E-state index in [9.17, 15) is 4.79 Å². The van der Waals surface area contributed by atoms with Crippen molar-refractivity contribution < 1.29 is 14.3 Å². The van der Waals surface area contributed by atoms with Gasteiger partial charge < -0.3 is 9.47 Å². The van der Waals surface area contributed by atoms with Gasteiger partial charge in [-0.15, -0.1) is 0 Å². The van der Waals surface area contributed by atoms with Crippen LogP contribution in [0.2, 0.25) is 0 Å². The third-order valence-electron chi connectivity index (χ3n) is 3.08. The van der Waals surface area contributed by atoms with Crippen molar-refractivity contribution in [1.29, 1.82) is 0 Å². The predicted octanol–water partition coefficient (Wildman–Crippen LogP) is 4.22. The molecule has 0 aliphatic carbocycles. The first-order chi connectivity index (χ1) is 10.3. The Morgan fingerprint density at radius 1 is 1.00 bits per heavy atom. The SMILES string of the molecule is CCCCOC(=O)c1ccccc1OCc1ccccc1. The topological polar surface area (TPSA) is 35.5 Å². The summed E-state index contributed by atoms with van der Waals surface area (Å²) in [4.78, 5) is 12.0. The minimum Gasteiger partial charge on any atom is -0.488 e. The molecule has 0 aliphatic heterocycles. The summed E-state index contributed by atoms with van der Waals surface area (Å²) in [5.74, 6) is 0.231. The van der Waals surface area contributed by atoms with Crippen molar-refractivity contribution in [1.82, 2.24) is 0 Å². The maximum Gasteiger partial charge on any atom is 0.341 e. The molecule has 0 heterocycles. The van der Waals surface area contributed by atoms with Crippen molar-refractivity contribution in [2.24, 2.45) is 0 Å². The van der Waals surface area contributed by atoms with Gasteiger partial charge in [-0.05, 0) is 24.1 Å². The molecule has 0 unspecified atom stereocenters. The van der Waals surface area contributed by atoms with E-state index in [2.05, 4.69) is 6.92 Å². The number of para-hydroxylation sites is 1. The normalized spacial score (nSPS) is 10.1. The Morgan fingerprint density at radius 2 is 1.71 bits per heavy atom. The average molecular weight is 284 g/mol. The molecule has 0 fully saturated rings. The largest absolute Gasteiger partial charge is 0.488 e. The van der Waals surface area contributed by atoms with Crippen molar-refractivity contribution in [2.45, 2.75) is 26.4 Å². The van der Waals surface area contributed by atoms with Crippen molar-refractivity contribution in [3.8, 4) is 5.75 Å². The predicted molar refractivity (Wildman–Crippen MR) is 82.4 cm³/mol. The Balaban J connectivity index is 2.01. The van der Waals surface area contributed by atoms with Crippen LogP contribution in [0.15, 0.2) is 54.6 Å². The standard InChI is InChI=1S/C18H20O3/c1-2-3-13-20-18(19)16-11-7-8-12-17(16)21-14-15-9-5-4-6-10-15/h4-12H,2-3,13-14H2,1H3. The van der Waals surface area contributed by atoms with Crippen LogP contribution in [0, 0.1) is 0 Å². The van der Waals surface area contributed by atoms with Gasteiger partial charge >= 0.3 is 5.97 Å². The molecule has 2 aromatic carbocycles. The van der Waals surface area contributed by atoms with Gasteiger partial charge in [-0.3, -0.25) is 0 Å². The Kier molecular flexibility index (Phi) is 5.83. The second kappa shape index (κ2) is 8.10. The molecule has 3 heteroatoms. The summed E-state index contributed by atoms with van der Waals surface area (Å²) in [6, 6.07) is 17.0. The molecule has 110 valence electrons. The number of carbonyl (C=O) groups excluding carboxylic acids is 1. The Hall–Kier alpha value is -2.29. The summed E-state index contributed by atoms with van der Waals surface area (Å²) in [5, 5.41) is 0. The molecule has 0 saturated carbocycles. The van der Waals surface area contributed by atoms with Gasteiger partial charge in [0.2, 0.25) is 0 Å². The summed E-state index contributed by atoms with van der Waals surface area (Å²) < 4.78 is 11.0. The number of hydrogen-bond acceptors (Lipinski definition) is 3. The summed E-state index contributed by atoms with van der Waals surface area (Å²) in [7, 11) is 0. The summed E-state index contributed by atoms with van der Waals surface area (Å²) in [5.41, 5.74) is 1.54. The highest BCUT2D eigenvalue weighted by atomic mass is 16.5. The van der Waals surface area contributed by atoms with E-state index < -0.39 is 0 Å². The molecule has 0 N–H and O–H groups in total. The lowest BCUT2D eigenvalue weighted by atomic mass is 10.2. The van der Waals surface area contributed by atoms with E-state index in [0.717, 1.165) is 18.4 Å². The summed E-state index contributed by atoms with van der Waals surface area (Å²) in [6.45, 7) is 2.94. The third kappa shape index (κ3) is 4.63. The number of rotatable bonds is 7. The van der Waals surface area contributed by atoms with Crippen molar-refractivity contribution in [2.75, 3.05) is 6.61 Å². The number of carbonyl (C=O) groups is 1. The highest BCUT2D eigenvalue weighted by molar-refractivity contribution is 5.92. The van der Waals surface area contributed by atoms with Crippen molar-refractivity contribution in [3.63, 3.8) is 0 Å². The van der Waals surface area contributed by atoms with Crippen LogP contribution in [0.1, 0.15) is 35.7 Å². The Labute approximate surface area is 125 Å². The zero-order valence-electron chi connectivity index (χ0n) is 12.2. The van der Waals surface area contributed by atoms with E-state index in [1.165, 1.54) is 0 Å². The second-order valence-electron chi connectivity index (χ2n) is 4.76. The minimum absolute atomic E-state index is 0.327. The van der Waals surface area contributed by atoms with Gasteiger partial charge in [0, 0.05) is 0 Å². The van der Waals surface area contributed by atoms with Crippen LogP contribution < -0.4 is 4.74 Å². The molecular formula is C18H20O3. The molecule has 0 amide bonds. The number of unbranched alkanes of at least 4 members (excludes halogenated alkanes) is 1. The van der Waals surface area contributed by atoms with Gasteiger partial charge in [0.15, 0.2) is 0 Å². The van der Waals surface area contributed by atoms with E-state index in [1.54, 1.807) is 12.1 Å². The van der Waals surface area contributed by atoms with E-state index in [0.29, 0.717) is 24.5 Å². The molecule has 0 atom stereocenters. The fourth-order valence-electron chi connectivity index (χ4n) is 1.88. The van der Waals surface area contributed by atoms with Crippen LogP contribution in [0.25, 0.3) is 0 Å². The quantitative estimate of drug-likeness (QED) is 0.564. The van der Waals surface area contributed by atoms with E-state index >= 15 is 0 Å². The molecule has 0 aromatic heterocycles. The van der Waals surface area contributed by atoms with Crippen LogP contribution in [-0.4, -0.2) is 12.6 Å². The highest BCUT2D eigenvalue weighted by Gasteiger charge is 2.13. The van der Waals surface area contributed by atoms with Gasteiger partial charge in [-0.2, -0.15) is 0 Å². The van der Waals surface area contributed by atoms with Gasteiger partial charge in [0.05, 0.1) is 6.61 Å². The first-order valence-corrected chi connectivity index (χ1v) is 7.24. The summed E-state index contributed by atoms with van der Waals surface area (Å²) in [6.07, 6.45) is 1.87. The maximum absolute atomic E-state index is 12.0. The number of esters is 1. The lowest BCUT2D eigenvalue weighted by Crippen LogP contribution is -2.09. The molecule has 0 radical (unpaired) electrons. The first-order valence-electron chi connectivity index (χ1n) is 7.24. The van der Waals surface area contributed by atoms with Crippen LogP contribution >= 0.6 is 0 Å². The third-order valence-corrected chi connectivity index (χ3v) is 3.08. The van der Waals surface area contributed by atoms with E-state index in [4.69, 9.17) is 9.47 Å². The maximum atomic E-state index is 12.0. The molecular weight excluding hydrogens is 264 g/mol. The van der Waals surface area contributed by atoms with Gasteiger partial charge in [0.25, 0.3) is 0 Å². The Morgan fingerprint density at radius 3 is 2.48 bits per heavy atom. The molecule has 0 aliphatic rings. The first kappa shape index (κ1) is 15.1. The van der Waals surface area contributed by atoms with Crippen LogP contribution in [0.3, 0.4) is 0 Å². The van der Waals surface area contributed by atoms with Crippen LogP contribution in [0.4, 0.5) is 0 Å². The Bertz CT molecular complexity index is 564. The molecule has 0 bridgehead atoms. The van der Waals surface area contributed by atoms with E-state index in [1.807, 2.05) is 42.5 Å². The van der Waals surface area contributed by atoms with Gasteiger partial charge in [-0.25, -0.2) is 4.79 Å². The second-order valence-corrected chi connectivity index (χ2v) is 4.76. The van der Waals surface area contributed by atoms with Crippen LogP contribution in [0.5, 0.6) is 5.75 Å². The van der Waals surface area contributed by atoms with Gasteiger partial charge in [0.1, 0.15) is 17.9 Å². The fourth-order valence-corrected chi connectivity index (χ4v) is 1.88. The number of benzene rings is 2. The monoisotopic (exact) mass is 284 g/mol. The number of hydrogen-bond donors (Lipinski definition) is 0. The molecule has 2 rings (SSSR count). The van der Waals surface area contributed by atoms with Crippen LogP contribution in [-0.2, 0) is 11.3 Å². The lowest BCUT2D eigenvalue weighted by Gasteiger charge is -2.11. The fraction of sp³-hybridized carbons (Fsp3) is 0.278. The zero-order chi connectivity index (χ0) is 14.9. The zero-order valence-corrected chi connectivity index (χ0v) is 12.2. The summed E-state index contributed by atoms with van der Waals surface area (Å²) >= 11 is 0. The van der Waals surface area contributed by atoms with Crippen molar-refractivity contribution >= 4 is 5.97 Å². The molecule has 0 spiro atoms. The molecule has 2 aromatic rings. The van der Waals surface area contributed by atoms with Crippen molar-refractivity contribution in [3.05, 3.63) is 65.7 Å². The lowest BCUT2D eigenvalue weighted by molar-refractivity contribution is 0.0494. The smallest absolute Gasteiger partial charge is 0.341 e. The molecule has 0 saturated heterocycles.